The molecule has 1 aliphatic rings. The first-order valence-corrected chi connectivity index (χ1v) is 3.57. The molecule has 0 aromatic carbocycles. The van der Waals surface area contributed by atoms with Crippen LogP contribution in [0.2, 0.25) is 0 Å². The van der Waals surface area contributed by atoms with E-state index >= 15 is 0 Å². The second kappa shape index (κ2) is 3.71. The van der Waals surface area contributed by atoms with Crippen LogP contribution in [0.4, 0.5) is 0 Å². The summed E-state index contributed by atoms with van der Waals surface area (Å²) in [6, 6.07) is -0.652. The van der Waals surface area contributed by atoms with Crippen molar-refractivity contribution in [2.45, 2.75) is 12.5 Å². The fourth-order valence-corrected chi connectivity index (χ4v) is 0.985. The summed E-state index contributed by atoms with van der Waals surface area (Å²) in [5, 5.41) is 8.63. The van der Waals surface area contributed by atoms with E-state index in [9.17, 15) is 4.79 Å². The molecule has 1 aliphatic heterocycles. The van der Waals surface area contributed by atoms with E-state index in [-0.39, 0.29) is 0 Å². The molecule has 1 heterocycles. The minimum atomic E-state index is -0.901. The third kappa shape index (κ3) is 1.95. The fraction of sp³-hybridized carbons (Fsp3) is 0.250. The molecule has 0 aliphatic carbocycles. The number of aliphatic carboxylic acids is 1. The van der Waals surface area contributed by atoms with Gasteiger partial charge in [0.2, 0.25) is 0 Å². The number of hydrogen-bond donors (Lipinski definition) is 2. The smallest absolute Gasteiger partial charge is 0.328 e. The summed E-state index contributed by atoms with van der Waals surface area (Å²) in [6.07, 6.45) is 6.74. The van der Waals surface area contributed by atoms with Crippen molar-refractivity contribution in [2.24, 2.45) is 10.7 Å². The average molecular weight is 166 g/mol. The summed E-state index contributed by atoms with van der Waals surface area (Å²) in [5.41, 5.74) is 6.06. The molecule has 1 rings (SSSR count). The zero-order valence-corrected chi connectivity index (χ0v) is 6.47. The van der Waals surface area contributed by atoms with Crippen LogP contribution in [0.5, 0.6) is 0 Å². The number of hydrogen-bond acceptors (Lipinski definition) is 3. The van der Waals surface area contributed by atoms with Gasteiger partial charge in [0.1, 0.15) is 0 Å². The molecule has 0 aromatic heterocycles. The van der Waals surface area contributed by atoms with Crippen LogP contribution < -0.4 is 5.73 Å². The van der Waals surface area contributed by atoms with Gasteiger partial charge in [-0.15, -0.1) is 0 Å². The Kier molecular flexibility index (Phi) is 2.63. The van der Waals surface area contributed by atoms with Crippen molar-refractivity contribution >= 4 is 12.2 Å². The predicted octanol–water partition coefficient (Wildman–Crippen LogP) is 0.313. The highest BCUT2D eigenvalue weighted by atomic mass is 16.4. The Hall–Kier alpha value is -1.58. The highest BCUT2D eigenvalue weighted by molar-refractivity contribution is 5.82. The number of carboxylic acid groups (broad SMARTS) is 1. The third-order valence-corrected chi connectivity index (χ3v) is 1.58. The normalized spacial score (nSPS) is 22.7. The SMILES string of the molecule is NC=CC1=CC=NC(C(=O)O)C1. The van der Waals surface area contributed by atoms with Crippen molar-refractivity contribution in [3.8, 4) is 0 Å². The van der Waals surface area contributed by atoms with Crippen molar-refractivity contribution in [3.05, 3.63) is 23.9 Å². The van der Waals surface area contributed by atoms with Gasteiger partial charge in [0.25, 0.3) is 0 Å². The molecule has 12 heavy (non-hydrogen) atoms. The molecule has 64 valence electrons. The van der Waals surface area contributed by atoms with E-state index in [0.717, 1.165) is 5.57 Å². The molecule has 4 nitrogen and oxygen atoms in total. The molecule has 3 N–H and O–H groups in total. The highest BCUT2D eigenvalue weighted by Gasteiger charge is 2.17. The van der Waals surface area contributed by atoms with Crippen LogP contribution >= 0.6 is 0 Å². The lowest BCUT2D eigenvalue weighted by atomic mass is 10.0. The summed E-state index contributed by atoms with van der Waals surface area (Å²) in [5.74, 6) is -0.901. The number of carbonyl (C=O) groups is 1. The summed E-state index contributed by atoms with van der Waals surface area (Å²) in [4.78, 5) is 14.3. The second-order valence-corrected chi connectivity index (χ2v) is 2.46. The number of nitrogens with zero attached hydrogens (tertiary/aromatic N) is 1. The van der Waals surface area contributed by atoms with Crippen molar-refractivity contribution < 1.29 is 9.90 Å². The van der Waals surface area contributed by atoms with Crippen molar-refractivity contribution in [1.82, 2.24) is 0 Å². The predicted molar refractivity (Wildman–Crippen MR) is 45.9 cm³/mol. The molecular weight excluding hydrogens is 156 g/mol. The van der Waals surface area contributed by atoms with E-state index in [1.807, 2.05) is 0 Å². The number of dihydropyridines is 1. The minimum absolute atomic E-state index is 0.416. The van der Waals surface area contributed by atoms with E-state index in [4.69, 9.17) is 10.8 Å². The molecule has 0 bridgehead atoms. The topological polar surface area (TPSA) is 75.7 Å². The minimum Gasteiger partial charge on any atom is -0.480 e. The van der Waals surface area contributed by atoms with Gasteiger partial charge in [-0.3, -0.25) is 4.99 Å². The first-order chi connectivity index (χ1) is 5.74. The van der Waals surface area contributed by atoms with Crippen LogP contribution in [-0.4, -0.2) is 23.3 Å². The van der Waals surface area contributed by atoms with Crippen LogP contribution in [0, 0.1) is 0 Å². The Bertz CT molecular complexity index is 266. The third-order valence-electron chi connectivity index (χ3n) is 1.58. The van der Waals surface area contributed by atoms with Gasteiger partial charge >= 0.3 is 5.97 Å². The molecule has 0 saturated carbocycles. The Balaban J connectivity index is 2.67. The summed E-state index contributed by atoms with van der Waals surface area (Å²) < 4.78 is 0. The molecule has 1 atom stereocenters. The summed E-state index contributed by atoms with van der Waals surface area (Å²) in [7, 11) is 0. The maximum absolute atomic E-state index is 10.5. The number of carboxylic acids is 1. The van der Waals surface area contributed by atoms with E-state index in [1.165, 1.54) is 12.4 Å². The molecule has 0 radical (unpaired) electrons. The molecule has 4 heteroatoms. The largest absolute Gasteiger partial charge is 0.480 e. The first kappa shape index (κ1) is 8.52. The zero-order valence-electron chi connectivity index (χ0n) is 6.47. The van der Waals surface area contributed by atoms with Crippen LogP contribution in [0.1, 0.15) is 6.42 Å². The lowest BCUT2D eigenvalue weighted by molar-refractivity contribution is -0.138. The van der Waals surface area contributed by atoms with Crippen molar-refractivity contribution in [1.29, 1.82) is 0 Å². The Morgan fingerprint density at radius 2 is 2.58 bits per heavy atom. The number of rotatable bonds is 2. The highest BCUT2D eigenvalue weighted by Crippen LogP contribution is 2.13. The van der Waals surface area contributed by atoms with Gasteiger partial charge in [0, 0.05) is 12.6 Å². The van der Waals surface area contributed by atoms with Gasteiger partial charge in [0.05, 0.1) is 0 Å². The van der Waals surface area contributed by atoms with E-state index in [0.29, 0.717) is 6.42 Å². The molecule has 0 aromatic rings. The second-order valence-electron chi connectivity index (χ2n) is 2.46. The molecule has 1 unspecified atom stereocenters. The molecular formula is C8H10N2O2. The van der Waals surface area contributed by atoms with Gasteiger partial charge < -0.3 is 10.8 Å². The number of aliphatic imine (C=N–C) groups is 1. The van der Waals surface area contributed by atoms with E-state index < -0.39 is 12.0 Å². The van der Waals surface area contributed by atoms with Crippen LogP contribution in [-0.2, 0) is 4.79 Å². The Morgan fingerprint density at radius 1 is 1.83 bits per heavy atom. The fourth-order valence-electron chi connectivity index (χ4n) is 0.985. The molecule has 0 fully saturated rings. The van der Waals surface area contributed by atoms with Crippen LogP contribution in [0.15, 0.2) is 28.9 Å². The Labute approximate surface area is 70.1 Å². The van der Waals surface area contributed by atoms with Gasteiger partial charge in [0.15, 0.2) is 6.04 Å². The van der Waals surface area contributed by atoms with Crippen LogP contribution in [0.3, 0.4) is 0 Å². The van der Waals surface area contributed by atoms with E-state index in [2.05, 4.69) is 4.99 Å². The quantitative estimate of drug-likeness (QED) is 0.620. The van der Waals surface area contributed by atoms with Gasteiger partial charge in [-0.1, -0.05) is 0 Å². The molecule has 0 saturated heterocycles. The molecule has 0 spiro atoms. The molecule has 0 amide bonds. The van der Waals surface area contributed by atoms with Crippen molar-refractivity contribution in [3.63, 3.8) is 0 Å². The monoisotopic (exact) mass is 166 g/mol. The van der Waals surface area contributed by atoms with Gasteiger partial charge in [-0.25, -0.2) is 4.79 Å². The Morgan fingerprint density at radius 3 is 3.17 bits per heavy atom. The number of nitrogens with two attached hydrogens (primary N) is 1. The lowest BCUT2D eigenvalue weighted by Crippen LogP contribution is -2.20. The average Bonchev–Trinajstić information content (AvgIpc) is 2.05. The first-order valence-electron chi connectivity index (χ1n) is 3.57. The van der Waals surface area contributed by atoms with Gasteiger partial charge in [-0.2, -0.15) is 0 Å². The van der Waals surface area contributed by atoms with Crippen molar-refractivity contribution in [2.75, 3.05) is 0 Å². The lowest BCUT2D eigenvalue weighted by Gasteiger charge is -2.10. The maximum atomic E-state index is 10.5. The van der Waals surface area contributed by atoms with E-state index in [1.54, 1.807) is 12.2 Å². The summed E-state index contributed by atoms with van der Waals surface area (Å²) in [6.45, 7) is 0. The van der Waals surface area contributed by atoms with Gasteiger partial charge in [-0.05, 0) is 23.9 Å². The maximum Gasteiger partial charge on any atom is 0.328 e. The zero-order chi connectivity index (χ0) is 8.97. The standard InChI is InChI=1S/C8H10N2O2/c9-3-1-6-2-4-10-7(5-6)8(11)12/h1-4,7H,5,9H2,(H,11,12). The number of allylic oxidation sites excluding steroid dienone is 2. The van der Waals surface area contributed by atoms with Crippen LogP contribution in [0.25, 0.3) is 0 Å². The summed E-state index contributed by atoms with van der Waals surface area (Å²) >= 11 is 0.